The molecule has 90 valence electrons. The van der Waals surface area contributed by atoms with Gasteiger partial charge in [-0.2, -0.15) is 0 Å². The number of aromatic nitrogens is 1. The zero-order valence-electron chi connectivity index (χ0n) is 10.0. The van der Waals surface area contributed by atoms with E-state index < -0.39 is 0 Å². The molecule has 1 aliphatic heterocycles. The molecule has 0 aliphatic carbocycles. The Balaban J connectivity index is 2.12. The smallest absolute Gasteiger partial charge is 0.0961 e. The van der Waals surface area contributed by atoms with E-state index in [-0.39, 0.29) is 5.41 Å². The molecule has 3 nitrogen and oxygen atoms in total. The molecular weight excluding hydrogens is 220 g/mol. The number of hydrogen-bond donors (Lipinski definition) is 1. The molecule has 0 aromatic carbocycles. The standard InChI is InChI=1S/C12H20N2OS/c1-12(2,8-13)10-7-16-11(14-10)9-3-5-15-6-4-9/h7,9H,3-6,8,13H2,1-2H3. The second kappa shape index (κ2) is 4.82. The quantitative estimate of drug-likeness (QED) is 0.881. The topological polar surface area (TPSA) is 48.1 Å². The summed E-state index contributed by atoms with van der Waals surface area (Å²) in [6, 6.07) is 0. The van der Waals surface area contributed by atoms with Gasteiger partial charge in [0.1, 0.15) is 0 Å². The van der Waals surface area contributed by atoms with Crippen LogP contribution in [0.3, 0.4) is 0 Å². The Kier molecular flexibility index (Phi) is 3.62. The van der Waals surface area contributed by atoms with Crippen molar-refractivity contribution in [3.63, 3.8) is 0 Å². The minimum absolute atomic E-state index is 0.0000826. The summed E-state index contributed by atoms with van der Waals surface area (Å²) in [5.74, 6) is 0.598. The first kappa shape index (κ1) is 12.0. The number of nitrogens with two attached hydrogens (primary N) is 1. The maximum absolute atomic E-state index is 5.77. The Morgan fingerprint density at radius 2 is 2.19 bits per heavy atom. The Morgan fingerprint density at radius 3 is 2.81 bits per heavy atom. The van der Waals surface area contributed by atoms with E-state index >= 15 is 0 Å². The van der Waals surface area contributed by atoms with Crippen molar-refractivity contribution in [3.05, 3.63) is 16.1 Å². The zero-order valence-corrected chi connectivity index (χ0v) is 10.8. The summed E-state index contributed by atoms with van der Waals surface area (Å²) in [5, 5.41) is 3.43. The van der Waals surface area contributed by atoms with Crippen molar-refractivity contribution < 1.29 is 4.74 Å². The van der Waals surface area contributed by atoms with Crippen LogP contribution >= 0.6 is 11.3 Å². The van der Waals surface area contributed by atoms with Gasteiger partial charge in [-0.05, 0) is 12.8 Å². The van der Waals surface area contributed by atoms with Gasteiger partial charge in [0.15, 0.2) is 0 Å². The predicted molar refractivity (Wildman–Crippen MR) is 67.0 cm³/mol. The molecule has 4 heteroatoms. The normalized spacial score (nSPS) is 18.9. The molecule has 1 saturated heterocycles. The molecule has 0 amide bonds. The maximum atomic E-state index is 5.77. The van der Waals surface area contributed by atoms with Gasteiger partial charge in [0.05, 0.1) is 10.7 Å². The monoisotopic (exact) mass is 240 g/mol. The van der Waals surface area contributed by atoms with Crippen LogP contribution in [0.25, 0.3) is 0 Å². The summed E-state index contributed by atoms with van der Waals surface area (Å²) >= 11 is 1.78. The third kappa shape index (κ3) is 2.44. The lowest BCUT2D eigenvalue weighted by Crippen LogP contribution is -2.28. The van der Waals surface area contributed by atoms with E-state index in [1.165, 1.54) is 5.01 Å². The van der Waals surface area contributed by atoms with E-state index in [0.717, 1.165) is 31.7 Å². The van der Waals surface area contributed by atoms with Gasteiger partial charge < -0.3 is 10.5 Å². The van der Waals surface area contributed by atoms with Crippen molar-refractivity contribution in [3.8, 4) is 0 Å². The summed E-state index contributed by atoms with van der Waals surface area (Å²) < 4.78 is 5.37. The van der Waals surface area contributed by atoms with Gasteiger partial charge in [0.2, 0.25) is 0 Å². The number of hydrogen-bond acceptors (Lipinski definition) is 4. The summed E-state index contributed by atoms with van der Waals surface area (Å²) in [5.41, 5.74) is 6.91. The molecule has 0 bridgehead atoms. The van der Waals surface area contributed by atoms with E-state index in [0.29, 0.717) is 12.5 Å². The van der Waals surface area contributed by atoms with Crippen LogP contribution in [0, 0.1) is 0 Å². The largest absolute Gasteiger partial charge is 0.381 e. The number of nitrogens with zero attached hydrogens (tertiary/aromatic N) is 1. The number of thiazole rings is 1. The highest BCUT2D eigenvalue weighted by molar-refractivity contribution is 7.09. The first-order valence-electron chi connectivity index (χ1n) is 5.87. The fraction of sp³-hybridized carbons (Fsp3) is 0.750. The van der Waals surface area contributed by atoms with Crippen LogP contribution in [0.5, 0.6) is 0 Å². The van der Waals surface area contributed by atoms with Crippen LogP contribution in [0.4, 0.5) is 0 Å². The molecule has 2 N–H and O–H groups in total. The van der Waals surface area contributed by atoms with Crippen molar-refractivity contribution in [2.24, 2.45) is 5.73 Å². The van der Waals surface area contributed by atoms with Crippen LogP contribution < -0.4 is 5.73 Å². The number of ether oxygens (including phenoxy) is 1. The summed E-state index contributed by atoms with van der Waals surface area (Å²) in [4.78, 5) is 4.76. The minimum Gasteiger partial charge on any atom is -0.381 e. The lowest BCUT2D eigenvalue weighted by Gasteiger charge is -2.21. The highest BCUT2D eigenvalue weighted by Crippen LogP contribution is 2.32. The van der Waals surface area contributed by atoms with Crippen molar-refractivity contribution in [1.29, 1.82) is 0 Å². The van der Waals surface area contributed by atoms with Gasteiger partial charge in [-0.1, -0.05) is 13.8 Å². The molecule has 1 aliphatic rings. The predicted octanol–water partition coefficient (Wildman–Crippen LogP) is 2.27. The summed E-state index contributed by atoms with van der Waals surface area (Å²) in [7, 11) is 0. The maximum Gasteiger partial charge on any atom is 0.0961 e. The zero-order chi connectivity index (χ0) is 11.6. The first-order chi connectivity index (χ1) is 7.63. The highest BCUT2D eigenvalue weighted by atomic mass is 32.1. The SMILES string of the molecule is CC(C)(CN)c1csc(C2CCOCC2)n1. The molecule has 0 unspecified atom stereocenters. The molecule has 0 saturated carbocycles. The van der Waals surface area contributed by atoms with E-state index in [4.69, 9.17) is 15.5 Å². The van der Waals surface area contributed by atoms with Crippen LogP contribution in [0.15, 0.2) is 5.38 Å². The second-order valence-electron chi connectivity index (χ2n) is 5.05. The van der Waals surface area contributed by atoms with E-state index in [1.807, 2.05) is 0 Å². The molecule has 1 fully saturated rings. The van der Waals surface area contributed by atoms with Crippen LogP contribution in [-0.4, -0.2) is 24.7 Å². The molecule has 0 radical (unpaired) electrons. The fourth-order valence-corrected chi connectivity index (χ4v) is 3.02. The third-order valence-electron chi connectivity index (χ3n) is 3.30. The highest BCUT2D eigenvalue weighted by Gasteiger charge is 2.25. The van der Waals surface area contributed by atoms with E-state index in [9.17, 15) is 0 Å². The molecular formula is C12H20N2OS. The van der Waals surface area contributed by atoms with Gasteiger partial charge >= 0.3 is 0 Å². The molecule has 0 spiro atoms. The van der Waals surface area contributed by atoms with Crippen molar-refractivity contribution in [1.82, 2.24) is 4.98 Å². The van der Waals surface area contributed by atoms with Crippen LogP contribution in [0.2, 0.25) is 0 Å². The summed E-state index contributed by atoms with van der Waals surface area (Å²) in [6.45, 7) is 6.69. The average molecular weight is 240 g/mol. The molecule has 16 heavy (non-hydrogen) atoms. The third-order valence-corrected chi connectivity index (χ3v) is 4.30. The Morgan fingerprint density at radius 1 is 1.50 bits per heavy atom. The van der Waals surface area contributed by atoms with Crippen molar-refractivity contribution in [2.75, 3.05) is 19.8 Å². The molecule has 1 aromatic heterocycles. The van der Waals surface area contributed by atoms with Gasteiger partial charge in [-0.3, -0.25) is 0 Å². The Hall–Kier alpha value is -0.450. The van der Waals surface area contributed by atoms with Crippen molar-refractivity contribution in [2.45, 2.75) is 38.0 Å². The van der Waals surface area contributed by atoms with Crippen LogP contribution in [-0.2, 0) is 10.2 Å². The lowest BCUT2D eigenvalue weighted by atomic mass is 9.90. The lowest BCUT2D eigenvalue weighted by molar-refractivity contribution is 0.0852. The van der Waals surface area contributed by atoms with Crippen LogP contribution in [0.1, 0.15) is 43.3 Å². The minimum atomic E-state index is -0.0000826. The van der Waals surface area contributed by atoms with Crippen molar-refractivity contribution >= 4 is 11.3 Å². The molecule has 1 aromatic rings. The Bertz CT molecular complexity index is 343. The second-order valence-corrected chi connectivity index (χ2v) is 5.94. The van der Waals surface area contributed by atoms with E-state index in [2.05, 4.69) is 19.2 Å². The first-order valence-corrected chi connectivity index (χ1v) is 6.75. The van der Waals surface area contributed by atoms with Gasteiger partial charge in [-0.25, -0.2) is 4.98 Å². The van der Waals surface area contributed by atoms with Gasteiger partial charge in [0.25, 0.3) is 0 Å². The summed E-state index contributed by atoms with van der Waals surface area (Å²) in [6.07, 6.45) is 2.21. The van der Waals surface area contributed by atoms with E-state index in [1.54, 1.807) is 11.3 Å². The number of rotatable bonds is 3. The Labute approximate surface area is 101 Å². The fourth-order valence-electron chi connectivity index (χ4n) is 1.84. The average Bonchev–Trinajstić information content (AvgIpc) is 2.80. The molecule has 0 atom stereocenters. The molecule has 2 rings (SSSR count). The van der Waals surface area contributed by atoms with Gasteiger partial charge in [0, 0.05) is 36.5 Å². The van der Waals surface area contributed by atoms with Gasteiger partial charge in [-0.15, -0.1) is 11.3 Å². The molecule has 2 heterocycles.